The quantitative estimate of drug-likeness (QED) is 0.104. The fraction of sp³-hybridized carbons (Fsp3) is 0.424. The van der Waals surface area contributed by atoms with Gasteiger partial charge in [-0.3, -0.25) is 28.9 Å². The predicted octanol–water partition coefficient (Wildman–Crippen LogP) is 2.05. The van der Waals surface area contributed by atoms with E-state index in [0.29, 0.717) is 17.7 Å². The highest BCUT2D eigenvalue weighted by molar-refractivity contribution is 6.23. The van der Waals surface area contributed by atoms with Crippen LogP contribution in [0.5, 0.6) is 5.75 Å². The van der Waals surface area contributed by atoms with Crippen LogP contribution in [0.2, 0.25) is 0 Å². The van der Waals surface area contributed by atoms with E-state index < -0.39 is 89.8 Å². The van der Waals surface area contributed by atoms with Crippen molar-refractivity contribution in [1.29, 1.82) is 0 Å². The normalized spacial score (nSPS) is 14.3. The van der Waals surface area contributed by atoms with Crippen molar-refractivity contribution in [1.82, 2.24) is 20.9 Å². The topological polar surface area (TPSA) is 218 Å². The van der Waals surface area contributed by atoms with E-state index in [1.165, 1.54) is 30.3 Å². The number of phenolic OH excluding ortho intramolecular Hbond substituents is 1. The van der Waals surface area contributed by atoms with Gasteiger partial charge in [0.2, 0.25) is 11.8 Å². The van der Waals surface area contributed by atoms with Crippen LogP contribution in [0.25, 0.3) is 0 Å². The number of carboxylic acids is 1. The van der Waals surface area contributed by atoms with E-state index in [2.05, 4.69) is 16.0 Å². The fourth-order valence-electron chi connectivity index (χ4n) is 4.99. The molecule has 0 spiro atoms. The number of aliphatic carboxylic acids is 1. The zero-order chi connectivity index (χ0) is 36.5. The molecular formula is C33H39FN4O11. The van der Waals surface area contributed by atoms with Gasteiger partial charge in [-0.05, 0) is 69.9 Å². The molecule has 1 aliphatic rings. The number of hydrogen-bond acceptors (Lipinski definition) is 10. The van der Waals surface area contributed by atoms with Crippen LogP contribution in [-0.4, -0.2) is 94.2 Å². The summed E-state index contributed by atoms with van der Waals surface area (Å²) in [6.45, 7) is 5.31. The summed E-state index contributed by atoms with van der Waals surface area (Å²) >= 11 is 0. The first-order valence-electron chi connectivity index (χ1n) is 15.3. The van der Waals surface area contributed by atoms with Crippen LogP contribution < -0.4 is 16.0 Å². The molecule has 2 aromatic rings. The van der Waals surface area contributed by atoms with Crippen LogP contribution in [0.3, 0.4) is 0 Å². The molecule has 0 radical (unpaired) electrons. The second kappa shape index (κ2) is 16.5. The van der Waals surface area contributed by atoms with Gasteiger partial charge in [0, 0.05) is 13.0 Å². The average molecular weight is 687 g/mol. The highest BCUT2D eigenvalue weighted by atomic mass is 19.1. The number of methoxy groups -OCH3 is 1. The highest BCUT2D eigenvalue weighted by Gasteiger charge is 2.43. The molecule has 0 unspecified atom stereocenters. The van der Waals surface area contributed by atoms with Crippen molar-refractivity contribution in [2.45, 2.75) is 76.6 Å². The highest BCUT2D eigenvalue weighted by Crippen LogP contribution is 2.27. The number of fused-ring (bicyclic) bond motifs is 1. The maximum absolute atomic E-state index is 14.2. The molecule has 0 aromatic heterocycles. The van der Waals surface area contributed by atoms with Gasteiger partial charge in [-0.1, -0.05) is 18.2 Å². The maximum atomic E-state index is 14.2. The Labute approximate surface area is 281 Å². The van der Waals surface area contributed by atoms with Gasteiger partial charge in [0.05, 0.1) is 24.7 Å². The average Bonchev–Trinajstić information content (AvgIpc) is 3.27. The number of carbonyl (C=O) groups excluding carboxylic acids is 6. The Kier molecular flexibility index (Phi) is 12.8. The first kappa shape index (κ1) is 37.9. The smallest absolute Gasteiger partial charge is 0.407 e. The van der Waals surface area contributed by atoms with Gasteiger partial charge < -0.3 is 35.6 Å². The number of benzene rings is 2. The number of halogens is 1. The maximum Gasteiger partial charge on any atom is 0.407 e. The lowest BCUT2D eigenvalue weighted by atomic mass is 10.0. The van der Waals surface area contributed by atoms with Crippen molar-refractivity contribution in [2.24, 2.45) is 0 Å². The largest absolute Gasteiger partial charge is 0.505 e. The molecule has 0 saturated heterocycles. The molecule has 15 nitrogen and oxygen atoms in total. The number of nitrogens with one attached hydrogen (secondary N) is 3. The first-order valence-corrected chi connectivity index (χ1v) is 15.3. The number of carboxylic acid groups (broad SMARTS) is 1. The van der Waals surface area contributed by atoms with Crippen LogP contribution in [0.15, 0.2) is 42.5 Å². The van der Waals surface area contributed by atoms with Crippen LogP contribution in [-0.2, 0) is 35.1 Å². The van der Waals surface area contributed by atoms with Gasteiger partial charge in [0.1, 0.15) is 23.7 Å². The molecular weight excluding hydrogens is 647 g/mol. The third-order valence-electron chi connectivity index (χ3n) is 7.28. The number of carbonyl (C=O) groups is 7. The van der Waals surface area contributed by atoms with E-state index >= 15 is 0 Å². The molecule has 0 fully saturated rings. The number of aromatic hydroxyl groups is 1. The lowest BCUT2D eigenvalue weighted by Gasteiger charge is -2.28. The van der Waals surface area contributed by atoms with Crippen molar-refractivity contribution in [3.05, 3.63) is 65.0 Å². The molecule has 5 amide bonds. The number of imide groups is 1. The second-order valence-corrected chi connectivity index (χ2v) is 12.2. The number of alkyl carbamates (subject to hydrolysis) is 1. The van der Waals surface area contributed by atoms with Crippen molar-refractivity contribution in [3.8, 4) is 5.75 Å². The molecule has 2 aromatic carbocycles. The monoisotopic (exact) mass is 686 g/mol. The first-order chi connectivity index (χ1) is 23.0. The SMILES string of the molecule is COC(=O)[C@H](CCCCNC(=O)OC(C)(C)C)NC(=O)[C@H](CC(=O)O)NC(=O)[C@H](Cc1ccc(O)c(F)c1)N1C(=O)c2ccccc2C1=O. The van der Waals surface area contributed by atoms with Crippen molar-refractivity contribution < 1.29 is 57.6 Å². The van der Waals surface area contributed by atoms with Crippen molar-refractivity contribution >= 4 is 41.7 Å². The van der Waals surface area contributed by atoms with E-state index in [1.54, 1.807) is 20.8 Å². The minimum absolute atomic E-state index is 0.00392. The molecule has 16 heteroatoms. The third kappa shape index (κ3) is 10.5. The summed E-state index contributed by atoms with van der Waals surface area (Å²) < 4.78 is 24.1. The second-order valence-electron chi connectivity index (χ2n) is 12.2. The van der Waals surface area contributed by atoms with E-state index in [9.17, 15) is 48.2 Å². The number of nitrogens with zero attached hydrogens (tertiary/aromatic N) is 1. The number of esters is 1. The summed E-state index contributed by atoms with van der Waals surface area (Å²) in [6.07, 6.45) is -1.35. The summed E-state index contributed by atoms with van der Waals surface area (Å²) in [5.41, 5.74) is -0.591. The zero-order valence-corrected chi connectivity index (χ0v) is 27.4. The van der Waals surface area contributed by atoms with E-state index in [4.69, 9.17) is 9.47 Å². The van der Waals surface area contributed by atoms with Gasteiger partial charge in [0.25, 0.3) is 11.8 Å². The number of ether oxygens (including phenoxy) is 2. The number of rotatable bonds is 15. The number of amides is 5. The molecule has 5 N–H and O–H groups in total. The number of hydrogen-bond donors (Lipinski definition) is 5. The molecule has 1 aliphatic heterocycles. The molecule has 0 aliphatic carbocycles. The van der Waals surface area contributed by atoms with Gasteiger partial charge in [-0.2, -0.15) is 0 Å². The van der Waals surface area contributed by atoms with E-state index in [0.717, 1.165) is 19.2 Å². The van der Waals surface area contributed by atoms with Crippen molar-refractivity contribution in [3.63, 3.8) is 0 Å². The molecule has 0 bridgehead atoms. The van der Waals surface area contributed by atoms with Crippen molar-refractivity contribution in [2.75, 3.05) is 13.7 Å². The zero-order valence-electron chi connectivity index (χ0n) is 27.4. The number of phenols is 1. The third-order valence-corrected chi connectivity index (χ3v) is 7.28. The Morgan fingerprint density at radius 1 is 0.918 bits per heavy atom. The predicted molar refractivity (Wildman–Crippen MR) is 169 cm³/mol. The van der Waals surface area contributed by atoms with Crippen LogP contribution in [0, 0.1) is 5.82 Å². The Hall–Kier alpha value is -5.54. The van der Waals surface area contributed by atoms with Gasteiger partial charge in [-0.25, -0.2) is 14.0 Å². The minimum Gasteiger partial charge on any atom is -0.505 e. The molecule has 49 heavy (non-hydrogen) atoms. The molecule has 3 atom stereocenters. The Balaban J connectivity index is 1.79. The summed E-state index contributed by atoms with van der Waals surface area (Å²) in [4.78, 5) is 90.5. The van der Waals surface area contributed by atoms with Crippen LogP contribution in [0.4, 0.5) is 9.18 Å². The van der Waals surface area contributed by atoms with Crippen LogP contribution >= 0.6 is 0 Å². The lowest BCUT2D eigenvalue weighted by Crippen LogP contribution is -2.57. The molecule has 264 valence electrons. The van der Waals surface area contributed by atoms with Gasteiger partial charge >= 0.3 is 18.0 Å². The Morgan fingerprint density at radius 2 is 1.53 bits per heavy atom. The van der Waals surface area contributed by atoms with Crippen LogP contribution in [0.1, 0.15) is 72.7 Å². The summed E-state index contributed by atoms with van der Waals surface area (Å²) in [7, 11) is 1.08. The summed E-state index contributed by atoms with van der Waals surface area (Å²) in [5.74, 6) is -7.94. The van der Waals surface area contributed by atoms with E-state index in [-0.39, 0.29) is 29.7 Å². The Morgan fingerprint density at radius 3 is 2.08 bits per heavy atom. The van der Waals surface area contributed by atoms with Gasteiger partial charge in [0.15, 0.2) is 11.6 Å². The fourth-order valence-corrected chi connectivity index (χ4v) is 4.99. The molecule has 0 saturated carbocycles. The lowest BCUT2D eigenvalue weighted by molar-refractivity contribution is -0.146. The Bertz CT molecular complexity index is 1570. The summed E-state index contributed by atoms with van der Waals surface area (Å²) in [5, 5.41) is 26.4. The molecule has 1 heterocycles. The molecule has 3 rings (SSSR count). The summed E-state index contributed by atoms with van der Waals surface area (Å²) in [6, 6.07) is 4.23. The standard InChI is InChI=1S/C33H39FN4O11/c1-33(2,3)49-32(47)35-14-8-7-11-22(31(46)48-4)36-27(42)23(17-26(40)41)37-28(43)24(16-18-12-13-25(39)21(34)15-18)38-29(44)19-9-5-6-10-20(19)30(38)45/h5-6,9-10,12-13,15,22-24,39H,7-8,11,14,16-17H2,1-4H3,(H,35,47)(H,36,42)(H,37,43)(H,40,41)/t22-,23-,24-/m0/s1. The minimum atomic E-state index is -1.79. The van der Waals surface area contributed by atoms with Gasteiger partial charge in [-0.15, -0.1) is 0 Å². The number of unbranched alkanes of at least 4 members (excludes halogenated alkanes) is 1. The van der Waals surface area contributed by atoms with E-state index in [1.807, 2.05) is 0 Å².